The molecule has 2 rings (SSSR count). The van der Waals surface area contributed by atoms with Crippen molar-refractivity contribution < 1.29 is 18.9 Å². The quantitative estimate of drug-likeness (QED) is 0.650. The molecule has 0 aliphatic heterocycles. The minimum Gasteiger partial charge on any atom is -0.490 e. The average Bonchev–Trinajstić information content (AvgIpc) is 2.98. The van der Waals surface area contributed by atoms with Crippen LogP contribution in [0.25, 0.3) is 0 Å². The molecule has 8 heteroatoms. The standard InChI is InChI=1S/C13H13N3O5/c1-20-12-5-4-9(7-11(12)16(18)19)15-13(17)14-8-10-3-2-6-21-10/h2-7H,8H2,1H3,(H2,14,15,17). The Morgan fingerprint density at radius 1 is 1.43 bits per heavy atom. The fraction of sp³-hybridized carbons (Fsp3) is 0.154. The SMILES string of the molecule is COc1ccc(NC(=O)NCc2ccco2)cc1[N+](=O)[O-]. The van der Waals surface area contributed by atoms with E-state index in [1.54, 1.807) is 12.1 Å². The van der Waals surface area contributed by atoms with Crippen molar-refractivity contribution in [2.75, 3.05) is 12.4 Å². The van der Waals surface area contributed by atoms with E-state index in [9.17, 15) is 14.9 Å². The summed E-state index contributed by atoms with van der Waals surface area (Å²) in [6, 6.07) is 7.09. The van der Waals surface area contributed by atoms with E-state index in [1.165, 1.54) is 31.6 Å². The number of methoxy groups -OCH3 is 1. The maximum atomic E-state index is 11.7. The number of rotatable bonds is 5. The van der Waals surface area contributed by atoms with Crippen molar-refractivity contribution in [1.29, 1.82) is 0 Å². The number of carbonyl (C=O) groups excluding carboxylic acids is 1. The highest BCUT2D eigenvalue weighted by Crippen LogP contribution is 2.29. The summed E-state index contributed by atoms with van der Waals surface area (Å²) in [5.74, 6) is 0.729. The Kier molecular flexibility index (Phi) is 4.39. The summed E-state index contributed by atoms with van der Waals surface area (Å²) in [5.41, 5.74) is 0.0702. The van der Waals surface area contributed by atoms with E-state index >= 15 is 0 Å². The molecule has 0 radical (unpaired) electrons. The van der Waals surface area contributed by atoms with E-state index in [-0.39, 0.29) is 18.0 Å². The van der Waals surface area contributed by atoms with Crippen LogP contribution in [0.3, 0.4) is 0 Å². The van der Waals surface area contributed by atoms with Crippen molar-refractivity contribution >= 4 is 17.4 Å². The van der Waals surface area contributed by atoms with Gasteiger partial charge in [0.25, 0.3) is 0 Å². The summed E-state index contributed by atoms with van der Waals surface area (Å²) in [4.78, 5) is 22.0. The number of urea groups is 1. The van der Waals surface area contributed by atoms with Gasteiger partial charge in [0.05, 0.1) is 24.8 Å². The smallest absolute Gasteiger partial charge is 0.319 e. The van der Waals surface area contributed by atoms with Gasteiger partial charge in [-0.3, -0.25) is 10.1 Å². The molecule has 1 aromatic heterocycles. The fourth-order valence-electron chi connectivity index (χ4n) is 1.67. The third-order valence-corrected chi connectivity index (χ3v) is 2.64. The van der Waals surface area contributed by atoms with Crippen molar-refractivity contribution in [3.05, 3.63) is 52.5 Å². The Morgan fingerprint density at radius 2 is 2.24 bits per heavy atom. The molecule has 0 fully saturated rings. The summed E-state index contributed by atoms with van der Waals surface area (Å²) in [6.45, 7) is 0.219. The van der Waals surface area contributed by atoms with Gasteiger partial charge in [-0.1, -0.05) is 0 Å². The molecule has 0 bridgehead atoms. The normalized spacial score (nSPS) is 9.95. The molecule has 110 valence electrons. The molecular formula is C13H13N3O5. The lowest BCUT2D eigenvalue weighted by Gasteiger charge is -2.08. The Hall–Kier alpha value is -3.03. The van der Waals surface area contributed by atoms with Crippen molar-refractivity contribution in [2.24, 2.45) is 0 Å². The van der Waals surface area contributed by atoms with Crippen LogP contribution >= 0.6 is 0 Å². The van der Waals surface area contributed by atoms with E-state index < -0.39 is 11.0 Å². The van der Waals surface area contributed by atoms with Gasteiger partial charge in [0.1, 0.15) is 5.76 Å². The molecule has 1 heterocycles. The van der Waals surface area contributed by atoms with E-state index in [0.29, 0.717) is 11.4 Å². The van der Waals surface area contributed by atoms with Gasteiger partial charge in [0, 0.05) is 11.8 Å². The Morgan fingerprint density at radius 3 is 2.86 bits per heavy atom. The molecule has 0 saturated carbocycles. The monoisotopic (exact) mass is 291 g/mol. The van der Waals surface area contributed by atoms with Gasteiger partial charge >= 0.3 is 11.7 Å². The van der Waals surface area contributed by atoms with Crippen LogP contribution in [0, 0.1) is 10.1 Å². The number of hydrogen-bond donors (Lipinski definition) is 2. The highest BCUT2D eigenvalue weighted by molar-refractivity contribution is 5.89. The van der Waals surface area contributed by atoms with E-state index in [1.807, 2.05) is 0 Å². The molecule has 2 aromatic rings. The number of furan rings is 1. The van der Waals surface area contributed by atoms with Gasteiger partial charge in [-0.25, -0.2) is 4.79 Å². The number of hydrogen-bond acceptors (Lipinski definition) is 5. The Labute approximate surface area is 119 Å². The minimum absolute atomic E-state index is 0.126. The van der Waals surface area contributed by atoms with Gasteiger partial charge in [-0.05, 0) is 24.3 Å². The first-order valence-corrected chi connectivity index (χ1v) is 6.00. The number of nitro benzene ring substituents is 1. The molecular weight excluding hydrogens is 278 g/mol. The molecule has 0 atom stereocenters. The van der Waals surface area contributed by atoms with Crippen LogP contribution in [0.15, 0.2) is 41.0 Å². The van der Waals surface area contributed by atoms with Gasteiger partial charge < -0.3 is 19.8 Å². The largest absolute Gasteiger partial charge is 0.490 e. The molecule has 1 aromatic carbocycles. The molecule has 0 unspecified atom stereocenters. The molecule has 21 heavy (non-hydrogen) atoms. The first-order chi connectivity index (χ1) is 10.1. The Bertz CT molecular complexity index is 639. The first-order valence-electron chi connectivity index (χ1n) is 6.00. The predicted octanol–water partition coefficient (Wildman–Crippen LogP) is 2.52. The van der Waals surface area contributed by atoms with E-state index in [2.05, 4.69) is 10.6 Å². The van der Waals surface area contributed by atoms with Crippen molar-refractivity contribution in [2.45, 2.75) is 6.54 Å². The maximum absolute atomic E-state index is 11.7. The minimum atomic E-state index is -0.579. The van der Waals surface area contributed by atoms with E-state index in [0.717, 1.165) is 0 Å². The van der Waals surface area contributed by atoms with Crippen LogP contribution in [-0.4, -0.2) is 18.1 Å². The topological polar surface area (TPSA) is 107 Å². The highest BCUT2D eigenvalue weighted by Gasteiger charge is 2.16. The van der Waals surface area contributed by atoms with Gasteiger partial charge in [-0.15, -0.1) is 0 Å². The second kappa shape index (κ2) is 6.42. The maximum Gasteiger partial charge on any atom is 0.319 e. The van der Waals surface area contributed by atoms with Crippen LogP contribution in [-0.2, 0) is 6.54 Å². The first kappa shape index (κ1) is 14.4. The van der Waals surface area contributed by atoms with Crippen molar-refractivity contribution in [3.63, 3.8) is 0 Å². The summed E-state index contributed by atoms with van der Waals surface area (Å²) in [6.07, 6.45) is 1.50. The number of amides is 2. The average molecular weight is 291 g/mol. The van der Waals surface area contributed by atoms with Crippen LogP contribution in [0.1, 0.15) is 5.76 Å². The highest BCUT2D eigenvalue weighted by atomic mass is 16.6. The van der Waals surface area contributed by atoms with E-state index in [4.69, 9.17) is 9.15 Å². The molecule has 0 saturated heterocycles. The lowest BCUT2D eigenvalue weighted by Crippen LogP contribution is -2.28. The van der Waals surface area contributed by atoms with Crippen LogP contribution in [0.4, 0.5) is 16.2 Å². The summed E-state index contributed by atoms with van der Waals surface area (Å²) >= 11 is 0. The van der Waals surface area contributed by atoms with Crippen LogP contribution in [0.5, 0.6) is 5.75 Å². The zero-order valence-corrected chi connectivity index (χ0v) is 11.2. The second-order valence-corrected chi connectivity index (χ2v) is 4.03. The van der Waals surface area contributed by atoms with Crippen LogP contribution < -0.4 is 15.4 Å². The second-order valence-electron chi connectivity index (χ2n) is 4.03. The molecule has 2 N–H and O–H groups in total. The number of nitrogens with one attached hydrogen (secondary N) is 2. The fourth-order valence-corrected chi connectivity index (χ4v) is 1.67. The number of ether oxygens (including phenoxy) is 1. The summed E-state index contributed by atoms with van der Waals surface area (Å²) in [7, 11) is 1.34. The lowest BCUT2D eigenvalue weighted by atomic mass is 10.2. The van der Waals surface area contributed by atoms with Crippen LogP contribution in [0.2, 0.25) is 0 Å². The molecule has 0 spiro atoms. The zero-order chi connectivity index (χ0) is 15.2. The third kappa shape index (κ3) is 3.72. The zero-order valence-electron chi connectivity index (χ0n) is 11.2. The molecule has 0 aliphatic carbocycles. The van der Waals surface area contributed by atoms with Gasteiger partial charge in [0.2, 0.25) is 0 Å². The van der Waals surface area contributed by atoms with Gasteiger partial charge in [0.15, 0.2) is 5.75 Å². The summed E-state index contributed by atoms with van der Waals surface area (Å²) in [5, 5.41) is 15.9. The lowest BCUT2D eigenvalue weighted by molar-refractivity contribution is -0.385. The number of benzene rings is 1. The number of carbonyl (C=O) groups is 1. The number of nitro groups is 1. The summed E-state index contributed by atoms with van der Waals surface area (Å²) < 4.78 is 9.95. The Balaban J connectivity index is 2.00. The molecule has 8 nitrogen and oxygen atoms in total. The molecule has 0 aliphatic rings. The number of nitrogens with zero attached hydrogens (tertiary/aromatic N) is 1. The predicted molar refractivity (Wildman–Crippen MR) is 74.2 cm³/mol. The number of anilines is 1. The third-order valence-electron chi connectivity index (χ3n) is 2.64. The van der Waals surface area contributed by atoms with Gasteiger partial charge in [-0.2, -0.15) is 0 Å². The van der Waals surface area contributed by atoms with Crippen molar-refractivity contribution in [3.8, 4) is 5.75 Å². The molecule has 2 amide bonds. The van der Waals surface area contributed by atoms with Crippen molar-refractivity contribution in [1.82, 2.24) is 5.32 Å².